The van der Waals surface area contributed by atoms with Gasteiger partial charge in [0.2, 0.25) is 0 Å². The largest absolute Gasteiger partial charge is 0.396 e. The lowest BCUT2D eigenvalue weighted by atomic mass is 10.1. The Bertz CT molecular complexity index is 642. The number of nitrogens with two attached hydrogens (primary N) is 1. The van der Waals surface area contributed by atoms with Crippen LogP contribution in [-0.4, -0.2) is 18.6 Å². The number of hydrogen-bond donors (Lipinski definition) is 1. The van der Waals surface area contributed by atoms with Gasteiger partial charge in [0.1, 0.15) is 0 Å². The molecule has 1 aromatic carbocycles. The number of benzene rings is 1. The maximum absolute atomic E-state index is 8.93. The molecule has 1 aromatic heterocycles. The summed E-state index contributed by atoms with van der Waals surface area (Å²) in [6.07, 6.45) is 1.67. The van der Waals surface area contributed by atoms with Gasteiger partial charge < -0.3 is 10.6 Å². The third-order valence-electron chi connectivity index (χ3n) is 2.98. The Hall–Kier alpha value is -1.80. The molecular formula is C14H15BrN4. The van der Waals surface area contributed by atoms with Gasteiger partial charge in [-0.1, -0.05) is 15.9 Å². The van der Waals surface area contributed by atoms with Crippen LogP contribution in [0.15, 0.2) is 28.9 Å². The van der Waals surface area contributed by atoms with E-state index in [1.54, 1.807) is 6.20 Å². The first-order valence-electron chi connectivity index (χ1n) is 5.97. The highest BCUT2D eigenvalue weighted by atomic mass is 79.9. The molecule has 0 bridgehead atoms. The van der Waals surface area contributed by atoms with Crippen LogP contribution >= 0.6 is 15.9 Å². The second kappa shape index (κ2) is 5.45. The number of rotatable bonds is 3. The van der Waals surface area contributed by atoms with E-state index in [1.807, 2.05) is 37.1 Å². The Balaban J connectivity index is 2.54. The van der Waals surface area contributed by atoms with Crippen molar-refractivity contribution >= 4 is 38.2 Å². The molecule has 1 heterocycles. The molecule has 0 saturated carbocycles. The Kier molecular flexibility index (Phi) is 3.91. The van der Waals surface area contributed by atoms with Gasteiger partial charge in [0, 0.05) is 23.5 Å². The van der Waals surface area contributed by atoms with Gasteiger partial charge in [0.15, 0.2) is 0 Å². The van der Waals surface area contributed by atoms with E-state index < -0.39 is 0 Å². The van der Waals surface area contributed by atoms with Crippen molar-refractivity contribution in [1.29, 1.82) is 5.26 Å². The first kappa shape index (κ1) is 13.6. The summed E-state index contributed by atoms with van der Waals surface area (Å²) in [7, 11) is 1.94. The lowest BCUT2D eigenvalue weighted by Crippen LogP contribution is -2.24. The van der Waals surface area contributed by atoms with E-state index in [2.05, 4.69) is 27.0 Å². The van der Waals surface area contributed by atoms with Gasteiger partial charge in [0.25, 0.3) is 0 Å². The van der Waals surface area contributed by atoms with Crippen LogP contribution in [0.4, 0.5) is 11.4 Å². The Morgan fingerprint density at radius 2 is 2.26 bits per heavy atom. The predicted molar refractivity (Wildman–Crippen MR) is 81.9 cm³/mol. The number of fused-ring (bicyclic) bond motifs is 1. The minimum Gasteiger partial charge on any atom is -0.396 e. The van der Waals surface area contributed by atoms with Crippen molar-refractivity contribution in [2.45, 2.75) is 6.92 Å². The minimum absolute atomic E-state index is 0.0558. The van der Waals surface area contributed by atoms with Gasteiger partial charge in [-0.15, -0.1) is 0 Å². The summed E-state index contributed by atoms with van der Waals surface area (Å²) in [5.41, 5.74) is 8.49. The van der Waals surface area contributed by atoms with Crippen molar-refractivity contribution in [3.8, 4) is 6.07 Å². The summed E-state index contributed by atoms with van der Waals surface area (Å²) >= 11 is 3.47. The minimum atomic E-state index is -0.0558. The molecular weight excluding hydrogens is 304 g/mol. The molecule has 0 saturated heterocycles. The van der Waals surface area contributed by atoms with Gasteiger partial charge in [-0.25, -0.2) is 0 Å². The molecule has 19 heavy (non-hydrogen) atoms. The van der Waals surface area contributed by atoms with Gasteiger partial charge in [-0.3, -0.25) is 4.98 Å². The topological polar surface area (TPSA) is 65.9 Å². The summed E-state index contributed by atoms with van der Waals surface area (Å²) in [6.45, 7) is 2.53. The predicted octanol–water partition coefficient (Wildman–Crippen LogP) is 3.18. The molecule has 0 amide bonds. The molecule has 5 heteroatoms. The summed E-state index contributed by atoms with van der Waals surface area (Å²) in [6, 6.07) is 8.14. The zero-order chi connectivity index (χ0) is 14.0. The summed E-state index contributed by atoms with van der Waals surface area (Å²) < 4.78 is 0.982. The molecule has 0 aliphatic carbocycles. The average molecular weight is 319 g/mol. The van der Waals surface area contributed by atoms with Crippen molar-refractivity contribution in [3.05, 3.63) is 28.9 Å². The highest BCUT2D eigenvalue weighted by molar-refractivity contribution is 9.10. The molecule has 4 nitrogen and oxygen atoms in total. The second-order valence-corrected chi connectivity index (χ2v) is 5.55. The third kappa shape index (κ3) is 2.79. The zero-order valence-electron chi connectivity index (χ0n) is 10.9. The molecule has 2 aromatic rings. The Morgan fingerprint density at radius 3 is 2.95 bits per heavy atom. The molecule has 1 atom stereocenters. The quantitative estimate of drug-likeness (QED) is 0.943. The van der Waals surface area contributed by atoms with Crippen molar-refractivity contribution < 1.29 is 0 Å². The van der Waals surface area contributed by atoms with E-state index in [0.717, 1.165) is 21.1 Å². The lowest BCUT2D eigenvalue weighted by Gasteiger charge is -2.23. The number of aromatic nitrogens is 1. The Labute approximate surface area is 121 Å². The normalized spacial score (nSPS) is 12.1. The highest BCUT2D eigenvalue weighted by Gasteiger charge is 2.13. The summed E-state index contributed by atoms with van der Waals surface area (Å²) in [4.78, 5) is 6.34. The van der Waals surface area contributed by atoms with Crippen molar-refractivity contribution in [1.82, 2.24) is 4.98 Å². The second-order valence-electron chi connectivity index (χ2n) is 4.63. The zero-order valence-corrected chi connectivity index (χ0v) is 12.5. The van der Waals surface area contributed by atoms with Gasteiger partial charge in [0.05, 0.1) is 35.1 Å². The number of halogens is 1. The number of nitrogens with zero attached hydrogens (tertiary/aromatic N) is 3. The van der Waals surface area contributed by atoms with Crippen molar-refractivity contribution in [2.24, 2.45) is 5.92 Å². The van der Waals surface area contributed by atoms with Gasteiger partial charge in [-0.2, -0.15) is 5.26 Å². The van der Waals surface area contributed by atoms with Crippen LogP contribution in [0.25, 0.3) is 10.9 Å². The van der Waals surface area contributed by atoms with E-state index in [9.17, 15) is 0 Å². The third-order valence-corrected chi connectivity index (χ3v) is 3.47. The average Bonchev–Trinajstić information content (AvgIpc) is 2.37. The van der Waals surface area contributed by atoms with E-state index in [0.29, 0.717) is 12.2 Å². The maximum Gasteiger partial charge on any atom is 0.0745 e. The number of pyridine rings is 1. The molecule has 0 spiro atoms. The van der Waals surface area contributed by atoms with Crippen LogP contribution < -0.4 is 10.6 Å². The van der Waals surface area contributed by atoms with Crippen LogP contribution in [0.1, 0.15) is 6.92 Å². The van der Waals surface area contributed by atoms with Crippen LogP contribution in [0.3, 0.4) is 0 Å². The monoisotopic (exact) mass is 318 g/mol. The summed E-state index contributed by atoms with van der Waals surface area (Å²) in [5.74, 6) is -0.0558. The fraction of sp³-hybridized carbons (Fsp3) is 0.286. The fourth-order valence-corrected chi connectivity index (χ4v) is 2.50. The Morgan fingerprint density at radius 1 is 1.53 bits per heavy atom. The molecule has 1 unspecified atom stereocenters. The van der Waals surface area contributed by atoms with Crippen LogP contribution in [0, 0.1) is 17.2 Å². The van der Waals surface area contributed by atoms with Crippen molar-refractivity contribution in [2.75, 3.05) is 24.2 Å². The molecule has 2 N–H and O–H groups in total. The lowest BCUT2D eigenvalue weighted by molar-refractivity contribution is 0.718. The SMILES string of the molecule is CC(C#N)CN(C)c1c(N)cnc2ccc(Br)cc12. The summed E-state index contributed by atoms with van der Waals surface area (Å²) in [5, 5.41) is 9.92. The smallest absolute Gasteiger partial charge is 0.0745 e. The van der Waals surface area contributed by atoms with Crippen LogP contribution in [0.2, 0.25) is 0 Å². The number of anilines is 2. The maximum atomic E-state index is 8.93. The molecule has 0 aliphatic heterocycles. The molecule has 98 valence electrons. The van der Waals surface area contributed by atoms with Crippen molar-refractivity contribution in [3.63, 3.8) is 0 Å². The van der Waals surface area contributed by atoms with Crippen LogP contribution in [0.5, 0.6) is 0 Å². The van der Waals surface area contributed by atoms with E-state index in [-0.39, 0.29) is 5.92 Å². The number of nitriles is 1. The van der Waals surface area contributed by atoms with Crippen LogP contribution in [-0.2, 0) is 0 Å². The number of hydrogen-bond acceptors (Lipinski definition) is 4. The fourth-order valence-electron chi connectivity index (χ4n) is 2.14. The first-order chi connectivity index (χ1) is 9.02. The van der Waals surface area contributed by atoms with Gasteiger partial charge in [-0.05, 0) is 25.1 Å². The number of nitrogen functional groups attached to an aromatic ring is 1. The highest BCUT2D eigenvalue weighted by Crippen LogP contribution is 2.32. The van der Waals surface area contributed by atoms with E-state index in [1.165, 1.54) is 0 Å². The molecule has 2 rings (SSSR count). The standard InChI is InChI=1S/C14H15BrN4/c1-9(6-16)8-19(2)14-11-5-10(15)3-4-13(11)18-7-12(14)17/h3-5,7,9H,8,17H2,1-2H3. The van der Waals surface area contributed by atoms with E-state index in [4.69, 9.17) is 11.0 Å². The van der Waals surface area contributed by atoms with E-state index >= 15 is 0 Å². The molecule has 0 aliphatic rings. The molecule has 0 fully saturated rings. The van der Waals surface area contributed by atoms with Gasteiger partial charge >= 0.3 is 0 Å². The first-order valence-corrected chi connectivity index (χ1v) is 6.76. The molecule has 0 radical (unpaired) electrons.